The van der Waals surface area contributed by atoms with Gasteiger partial charge in [-0.25, -0.2) is 0 Å². The monoisotopic (exact) mass is 262 g/mol. The van der Waals surface area contributed by atoms with Gasteiger partial charge in [0.15, 0.2) is 0 Å². The van der Waals surface area contributed by atoms with Crippen molar-refractivity contribution in [3.63, 3.8) is 0 Å². The van der Waals surface area contributed by atoms with Gasteiger partial charge >= 0.3 is 0 Å². The van der Waals surface area contributed by atoms with Gasteiger partial charge in [0, 0.05) is 25.5 Å². The largest absolute Gasteiger partial charge is 0.393 e. The average Bonchev–Trinajstić information content (AvgIpc) is 2.35. The second-order valence-electron chi connectivity index (χ2n) is 6.79. The van der Waals surface area contributed by atoms with Gasteiger partial charge in [-0.15, -0.1) is 0 Å². The molecule has 1 heterocycles. The van der Waals surface area contributed by atoms with Crippen LogP contribution in [0.4, 0.5) is 0 Å². The first-order valence-corrected chi connectivity index (χ1v) is 7.22. The molecule has 0 aliphatic heterocycles. The Balaban J connectivity index is 1.89. The molecule has 3 nitrogen and oxygen atoms in total. The van der Waals surface area contributed by atoms with Crippen LogP contribution in [0.1, 0.15) is 38.7 Å². The lowest BCUT2D eigenvalue weighted by molar-refractivity contribution is 0.00673. The Labute approximate surface area is 116 Å². The number of aliphatic hydroxyl groups excluding tert-OH is 1. The van der Waals surface area contributed by atoms with Gasteiger partial charge in [-0.1, -0.05) is 13.8 Å². The van der Waals surface area contributed by atoms with Crippen LogP contribution in [-0.4, -0.2) is 34.7 Å². The topological polar surface area (TPSA) is 36.4 Å². The second-order valence-corrected chi connectivity index (χ2v) is 6.79. The fraction of sp³-hybridized carbons (Fsp3) is 0.688. The molecule has 0 radical (unpaired) electrons. The van der Waals surface area contributed by atoms with Crippen molar-refractivity contribution in [1.29, 1.82) is 0 Å². The van der Waals surface area contributed by atoms with Crippen molar-refractivity contribution in [3.05, 3.63) is 30.1 Å². The minimum Gasteiger partial charge on any atom is -0.393 e. The van der Waals surface area contributed by atoms with Crippen molar-refractivity contribution in [2.75, 3.05) is 13.6 Å². The van der Waals surface area contributed by atoms with Crippen LogP contribution in [0, 0.1) is 11.3 Å². The van der Waals surface area contributed by atoms with Gasteiger partial charge in [0.1, 0.15) is 0 Å². The predicted molar refractivity (Wildman–Crippen MR) is 77.7 cm³/mol. The zero-order valence-corrected chi connectivity index (χ0v) is 12.3. The third-order valence-corrected chi connectivity index (χ3v) is 4.22. The maximum Gasteiger partial charge on any atom is 0.0581 e. The molecule has 0 amide bonds. The van der Waals surface area contributed by atoms with Crippen LogP contribution in [0.5, 0.6) is 0 Å². The van der Waals surface area contributed by atoms with Gasteiger partial charge in [-0.3, -0.25) is 4.98 Å². The molecule has 3 heteroatoms. The number of aromatic nitrogens is 1. The standard InChI is InChI=1S/C16H26N2O/c1-16(2)7-4-15(19)14(10-16)12-18(3)11-13-5-8-17-9-6-13/h5-6,8-9,14-15,19H,4,7,10-12H2,1-3H3. The zero-order valence-electron chi connectivity index (χ0n) is 12.3. The van der Waals surface area contributed by atoms with E-state index in [1.807, 2.05) is 12.4 Å². The van der Waals surface area contributed by atoms with E-state index < -0.39 is 0 Å². The highest BCUT2D eigenvalue weighted by atomic mass is 16.3. The summed E-state index contributed by atoms with van der Waals surface area (Å²) in [6.07, 6.45) is 6.74. The van der Waals surface area contributed by atoms with E-state index in [4.69, 9.17) is 0 Å². The SMILES string of the molecule is CN(Cc1ccncc1)CC1CC(C)(C)CCC1O. The molecule has 1 fully saturated rings. The summed E-state index contributed by atoms with van der Waals surface area (Å²) in [6.45, 7) is 6.52. The number of aliphatic hydroxyl groups is 1. The molecular formula is C16H26N2O. The summed E-state index contributed by atoms with van der Waals surface area (Å²) >= 11 is 0. The van der Waals surface area contributed by atoms with Gasteiger partial charge in [0.2, 0.25) is 0 Å². The minimum atomic E-state index is -0.132. The number of hydrogen-bond donors (Lipinski definition) is 1. The second kappa shape index (κ2) is 6.02. The van der Waals surface area contributed by atoms with Crippen molar-refractivity contribution in [2.24, 2.45) is 11.3 Å². The maximum absolute atomic E-state index is 10.2. The summed E-state index contributed by atoms with van der Waals surface area (Å²) < 4.78 is 0. The van der Waals surface area contributed by atoms with Crippen molar-refractivity contribution in [2.45, 2.75) is 45.8 Å². The molecule has 19 heavy (non-hydrogen) atoms. The fourth-order valence-electron chi connectivity index (χ4n) is 3.17. The molecule has 2 atom stereocenters. The summed E-state index contributed by atoms with van der Waals surface area (Å²) in [5, 5.41) is 10.2. The van der Waals surface area contributed by atoms with Crippen LogP contribution in [0.2, 0.25) is 0 Å². The van der Waals surface area contributed by atoms with E-state index in [2.05, 4.69) is 42.9 Å². The van der Waals surface area contributed by atoms with Crippen LogP contribution in [-0.2, 0) is 6.54 Å². The molecule has 1 aromatic heterocycles. The Morgan fingerprint density at radius 3 is 2.74 bits per heavy atom. The Morgan fingerprint density at radius 1 is 1.37 bits per heavy atom. The Bertz CT molecular complexity index is 391. The molecule has 0 aromatic carbocycles. The predicted octanol–water partition coefficient (Wildman–Crippen LogP) is 2.70. The summed E-state index contributed by atoms with van der Waals surface area (Å²) in [5.74, 6) is 0.399. The number of hydrogen-bond acceptors (Lipinski definition) is 3. The van der Waals surface area contributed by atoms with E-state index >= 15 is 0 Å². The van der Waals surface area contributed by atoms with Crippen LogP contribution in [0.15, 0.2) is 24.5 Å². The Morgan fingerprint density at radius 2 is 2.05 bits per heavy atom. The van der Waals surface area contributed by atoms with Crippen molar-refractivity contribution in [3.8, 4) is 0 Å². The molecule has 1 aromatic rings. The number of nitrogens with zero attached hydrogens (tertiary/aromatic N) is 2. The lowest BCUT2D eigenvalue weighted by Crippen LogP contribution is -2.39. The Hall–Kier alpha value is -0.930. The van der Waals surface area contributed by atoms with Gasteiger partial charge in [-0.05, 0) is 55.3 Å². The van der Waals surface area contributed by atoms with E-state index in [0.717, 1.165) is 32.4 Å². The van der Waals surface area contributed by atoms with E-state index in [-0.39, 0.29) is 6.10 Å². The lowest BCUT2D eigenvalue weighted by Gasteiger charge is -2.40. The van der Waals surface area contributed by atoms with Crippen LogP contribution in [0.25, 0.3) is 0 Å². The molecule has 2 rings (SSSR count). The van der Waals surface area contributed by atoms with Crippen molar-refractivity contribution in [1.82, 2.24) is 9.88 Å². The molecule has 2 unspecified atom stereocenters. The first kappa shape index (κ1) is 14.5. The summed E-state index contributed by atoms with van der Waals surface area (Å²) in [4.78, 5) is 6.35. The van der Waals surface area contributed by atoms with Crippen LogP contribution >= 0.6 is 0 Å². The summed E-state index contributed by atoms with van der Waals surface area (Å²) in [7, 11) is 2.13. The first-order valence-electron chi connectivity index (χ1n) is 7.22. The molecule has 1 N–H and O–H groups in total. The average molecular weight is 262 g/mol. The third-order valence-electron chi connectivity index (χ3n) is 4.22. The van der Waals surface area contributed by atoms with E-state index in [0.29, 0.717) is 11.3 Å². The van der Waals surface area contributed by atoms with E-state index in [9.17, 15) is 5.11 Å². The summed E-state index contributed by atoms with van der Waals surface area (Å²) in [6, 6.07) is 4.11. The Kier molecular flexibility index (Phi) is 4.58. The van der Waals surface area contributed by atoms with E-state index in [1.54, 1.807) is 0 Å². The third kappa shape index (κ3) is 4.29. The highest BCUT2D eigenvalue weighted by Crippen LogP contribution is 2.38. The highest BCUT2D eigenvalue weighted by Gasteiger charge is 2.34. The van der Waals surface area contributed by atoms with Gasteiger partial charge in [-0.2, -0.15) is 0 Å². The van der Waals surface area contributed by atoms with Gasteiger partial charge in [0.25, 0.3) is 0 Å². The summed E-state index contributed by atoms with van der Waals surface area (Å²) in [5.41, 5.74) is 1.66. The molecular weight excluding hydrogens is 236 g/mol. The van der Waals surface area contributed by atoms with Crippen LogP contribution < -0.4 is 0 Å². The van der Waals surface area contributed by atoms with Crippen molar-refractivity contribution < 1.29 is 5.11 Å². The molecule has 1 aliphatic rings. The lowest BCUT2D eigenvalue weighted by atomic mass is 9.71. The maximum atomic E-state index is 10.2. The smallest absolute Gasteiger partial charge is 0.0581 e. The number of pyridine rings is 1. The molecule has 0 bridgehead atoms. The van der Waals surface area contributed by atoms with Gasteiger partial charge < -0.3 is 10.0 Å². The first-order chi connectivity index (χ1) is 8.96. The molecule has 0 saturated heterocycles. The minimum absolute atomic E-state index is 0.132. The normalized spacial score (nSPS) is 26.6. The molecule has 106 valence electrons. The highest BCUT2D eigenvalue weighted by molar-refractivity contribution is 5.09. The molecule has 1 aliphatic carbocycles. The number of rotatable bonds is 4. The van der Waals surface area contributed by atoms with E-state index in [1.165, 1.54) is 5.56 Å². The van der Waals surface area contributed by atoms with Gasteiger partial charge in [0.05, 0.1) is 6.10 Å². The zero-order chi connectivity index (χ0) is 13.9. The van der Waals surface area contributed by atoms with Crippen LogP contribution in [0.3, 0.4) is 0 Å². The molecule has 1 saturated carbocycles. The quantitative estimate of drug-likeness (QED) is 0.906. The van der Waals surface area contributed by atoms with Crippen molar-refractivity contribution >= 4 is 0 Å². The fourth-order valence-corrected chi connectivity index (χ4v) is 3.17. The molecule has 0 spiro atoms.